The Kier molecular flexibility index (Phi) is 5.88. The Labute approximate surface area is 111 Å². The van der Waals surface area contributed by atoms with Crippen molar-refractivity contribution in [1.82, 2.24) is 0 Å². The summed E-state index contributed by atoms with van der Waals surface area (Å²) in [6.07, 6.45) is 2.59. The average molecular weight is 278 g/mol. The highest BCUT2D eigenvalue weighted by Crippen LogP contribution is 2.27. The van der Waals surface area contributed by atoms with Gasteiger partial charge in [0.15, 0.2) is 0 Å². The van der Waals surface area contributed by atoms with Gasteiger partial charge >= 0.3 is 0 Å². The van der Waals surface area contributed by atoms with Gasteiger partial charge in [0.25, 0.3) is 0 Å². The van der Waals surface area contributed by atoms with Crippen molar-refractivity contribution in [1.29, 1.82) is 0 Å². The molecule has 88 valence electrons. The summed E-state index contributed by atoms with van der Waals surface area (Å²) in [5.74, 6) is 0.654. The molecule has 0 saturated heterocycles. The summed E-state index contributed by atoms with van der Waals surface area (Å²) in [5, 5.41) is 1.13. The molecule has 0 saturated carbocycles. The van der Waals surface area contributed by atoms with Crippen molar-refractivity contribution < 1.29 is 4.74 Å². The fourth-order valence-corrected chi connectivity index (χ4v) is 1.78. The van der Waals surface area contributed by atoms with Crippen molar-refractivity contribution in [3.63, 3.8) is 0 Å². The molecule has 0 aliphatic heterocycles. The molecule has 0 fully saturated rings. The van der Waals surface area contributed by atoms with E-state index in [0.717, 1.165) is 19.3 Å². The lowest BCUT2D eigenvalue weighted by Crippen LogP contribution is -2.08. The van der Waals surface area contributed by atoms with Gasteiger partial charge in [-0.15, -0.1) is 0 Å². The van der Waals surface area contributed by atoms with E-state index in [1.165, 1.54) is 0 Å². The molecule has 1 rings (SSSR count). The Morgan fingerprint density at radius 2 is 2.06 bits per heavy atom. The number of nitrogens with two attached hydrogens (primary N) is 1. The summed E-state index contributed by atoms with van der Waals surface area (Å²) in [4.78, 5) is 0.546. The van der Waals surface area contributed by atoms with E-state index in [9.17, 15) is 0 Å². The van der Waals surface area contributed by atoms with Gasteiger partial charge < -0.3 is 10.5 Å². The summed E-state index contributed by atoms with van der Waals surface area (Å²) < 4.78 is 5.50. The van der Waals surface area contributed by atoms with Crippen molar-refractivity contribution >= 4 is 40.4 Å². The van der Waals surface area contributed by atoms with Gasteiger partial charge in [-0.3, -0.25) is 0 Å². The number of unbranched alkanes of at least 4 members (excludes halogenated alkanes) is 1. The Hall–Kier alpha value is -0.510. The van der Waals surface area contributed by atoms with Crippen molar-refractivity contribution in [2.24, 2.45) is 5.73 Å². The molecule has 0 aliphatic carbocycles. The molecule has 5 heteroatoms. The number of benzene rings is 1. The van der Waals surface area contributed by atoms with E-state index in [0.29, 0.717) is 27.4 Å². The van der Waals surface area contributed by atoms with Crippen molar-refractivity contribution in [3.8, 4) is 5.75 Å². The average Bonchev–Trinajstić information content (AvgIpc) is 2.20. The second-order valence-electron chi connectivity index (χ2n) is 3.35. The van der Waals surface area contributed by atoms with Crippen LogP contribution in [0.4, 0.5) is 0 Å². The van der Waals surface area contributed by atoms with Crippen LogP contribution >= 0.6 is 35.4 Å². The molecule has 0 spiro atoms. The van der Waals surface area contributed by atoms with Crippen molar-refractivity contribution in [2.45, 2.75) is 19.3 Å². The van der Waals surface area contributed by atoms with E-state index in [4.69, 9.17) is 45.9 Å². The molecule has 0 aliphatic rings. The fraction of sp³-hybridized carbons (Fsp3) is 0.364. The third kappa shape index (κ3) is 5.01. The number of ether oxygens (including phenoxy) is 1. The first-order valence-corrected chi connectivity index (χ1v) is 6.12. The molecule has 0 radical (unpaired) electrons. The minimum atomic E-state index is 0.529. The molecule has 2 N–H and O–H groups in total. The van der Waals surface area contributed by atoms with Crippen LogP contribution in [0.25, 0.3) is 0 Å². The van der Waals surface area contributed by atoms with Gasteiger partial charge in [0.2, 0.25) is 0 Å². The van der Waals surface area contributed by atoms with E-state index in [2.05, 4.69) is 0 Å². The summed E-state index contributed by atoms with van der Waals surface area (Å²) >= 11 is 16.5. The van der Waals surface area contributed by atoms with Crippen LogP contribution in [0.5, 0.6) is 5.75 Å². The van der Waals surface area contributed by atoms with Crippen LogP contribution in [0.3, 0.4) is 0 Å². The topological polar surface area (TPSA) is 35.2 Å². The van der Waals surface area contributed by atoms with E-state index in [1.807, 2.05) is 0 Å². The third-order valence-electron chi connectivity index (χ3n) is 1.97. The number of rotatable bonds is 6. The zero-order chi connectivity index (χ0) is 12.0. The van der Waals surface area contributed by atoms with Crippen LogP contribution in [0.1, 0.15) is 19.3 Å². The molecule has 1 aromatic carbocycles. The lowest BCUT2D eigenvalue weighted by Gasteiger charge is -2.07. The van der Waals surface area contributed by atoms with Gasteiger partial charge in [0, 0.05) is 5.02 Å². The quantitative estimate of drug-likeness (QED) is 0.634. The van der Waals surface area contributed by atoms with Crippen LogP contribution in [0, 0.1) is 0 Å². The number of halogens is 2. The molecule has 0 amide bonds. The fourth-order valence-electron chi connectivity index (χ4n) is 1.18. The molecule has 0 atom stereocenters. The summed E-state index contributed by atoms with van der Waals surface area (Å²) in [7, 11) is 0. The van der Waals surface area contributed by atoms with Crippen molar-refractivity contribution in [3.05, 3.63) is 28.2 Å². The van der Waals surface area contributed by atoms with Crippen LogP contribution in [0.2, 0.25) is 10.0 Å². The Morgan fingerprint density at radius 1 is 1.31 bits per heavy atom. The van der Waals surface area contributed by atoms with Gasteiger partial charge in [0.05, 0.1) is 16.6 Å². The third-order valence-corrected chi connectivity index (χ3v) is 2.70. The van der Waals surface area contributed by atoms with E-state index in [1.54, 1.807) is 18.2 Å². The van der Waals surface area contributed by atoms with Crippen LogP contribution in [-0.2, 0) is 0 Å². The SMILES string of the molecule is NC(=S)CCCCOc1ccc(Cl)cc1Cl. The summed E-state index contributed by atoms with van der Waals surface area (Å²) in [6.45, 7) is 0.601. The number of hydrogen-bond acceptors (Lipinski definition) is 2. The van der Waals surface area contributed by atoms with E-state index in [-0.39, 0.29) is 0 Å². The van der Waals surface area contributed by atoms with E-state index >= 15 is 0 Å². The molecule has 16 heavy (non-hydrogen) atoms. The standard InChI is InChI=1S/C11H13Cl2NOS/c12-8-4-5-10(9(13)7-8)15-6-2-1-3-11(14)16/h4-5,7H,1-3,6H2,(H2,14,16). The van der Waals surface area contributed by atoms with Crippen LogP contribution in [-0.4, -0.2) is 11.6 Å². The predicted molar refractivity (Wildman–Crippen MR) is 72.6 cm³/mol. The Bertz CT molecular complexity index is 371. The number of hydrogen-bond donors (Lipinski definition) is 1. The lowest BCUT2D eigenvalue weighted by atomic mass is 10.2. The lowest BCUT2D eigenvalue weighted by molar-refractivity contribution is 0.308. The second-order valence-corrected chi connectivity index (χ2v) is 4.71. The van der Waals surface area contributed by atoms with Gasteiger partial charge in [0.1, 0.15) is 5.75 Å². The summed E-state index contributed by atoms with van der Waals surface area (Å²) in [5.41, 5.74) is 5.38. The molecule has 0 aromatic heterocycles. The maximum absolute atomic E-state index is 5.94. The minimum absolute atomic E-state index is 0.529. The maximum atomic E-state index is 5.94. The van der Waals surface area contributed by atoms with Crippen LogP contribution in [0.15, 0.2) is 18.2 Å². The first-order valence-electron chi connectivity index (χ1n) is 4.96. The molecule has 0 unspecified atom stereocenters. The van der Waals surface area contributed by atoms with Crippen LogP contribution < -0.4 is 10.5 Å². The molecule has 2 nitrogen and oxygen atoms in total. The summed E-state index contributed by atoms with van der Waals surface area (Å²) in [6, 6.07) is 5.17. The zero-order valence-corrected chi connectivity index (χ0v) is 11.0. The second kappa shape index (κ2) is 6.94. The molecule has 1 aromatic rings. The van der Waals surface area contributed by atoms with Gasteiger partial charge in [-0.2, -0.15) is 0 Å². The highest BCUT2D eigenvalue weighted by atomic mass is 35.5. The molecular formula is C11H13Cl2NOS. The highest BCUT2D eigenvalue weighted by molar-refractivity contribution is 7.80. The molecule has 0 bridgehead atoms. The monoisotopic (exact) mass is 277 g/mol. The van der Waals surface area contributed by atoms with Crippen molar-refractivity contribution in [2.75, 3.05) is 6.61 Å². The predicted octanol–water partition coefficient (Wildman–Crippen LogP) is 3.83. The highest BCUT2D eigenvalue weighted by Gasteiger charge is 2.01. The van der Waals surface area contributed by atoms with Gasteiger partial charge in [-0.25, -0.2) is 0 Å². The Morgan fingerprint density at radius 3 is 2.69 bits per heavy atom. The van der Waals surface area contributed by atoms with Gasteiger partial charge in [-0.1, -0.05) is 35.4 Å². The smallest absolute Gasteiger partial charge is 0.137 e. The number of thiocarbonyl (C=S) groups is 1. The maximum Gasteiger partial charge on any atom is 0.137 e. The first kappa shape index (κ1) is 13.6. The normalized spacial score (nSPS) is 10.1. The van der Waals surface area contributed by atoms with E-state index < -0.39 is 0 Å². The largest absolute Gasteiger partial charge is 0.492 e. The minimum Gasteiger partial charge on any atom is -0.492 e. The first-order chi connectivity index (χ1) is 7.59. The zero-order valence-electron chi connectivity index (χ0n) is 8.71. The Balaban J connectivity index is 2.29. The molecule has 0 heterocycles. The van der Waals surface area contributed by atoms with Gasteiger partial charge in [-0.05, 0) is 37.5 Å². The molecular weight excluding hydrogens is 265 g/mol.